The topological polar surface area (TPSA) is 70.4 Å². The van der Waals surface area contributed by atoms with E-state index in [1.807, 2.05) is 19.1 Å². The van der Waals surface area contributed by atoms with Gasteiger partial charge in [0.2, 0.25) is 0 Å². The van der Waals surface area contributed by atoms with Gasteiger partial charge in [-0.25, -0.2) is 4.79 Å². The molecule has 0 amide bonds. The molecule has 4 heteroatoms. The average Bonchev–Trinajstić information content (AvgIpc) is 2.45. The Morgan fingerprint density at radius 3 is 2.75 bits per heavy atom. The number of aromatic nitrogens is 1. The Morgan fingerprint density at radius 1 is 1.35 bits per heavy atom. The molecule has 0 aliphatic heterocycles. The molecule has 0 fully saturated rings. The molecule has 0 aliphatic rings. The minimum Gasteiger partial charge on any atom is -0.478 e. The molecule has 2 N–H and O–H groups in total. The van der Waals surface area contributed by atoms with Gasteiger partial charge >= 0.3 is 5.97 Å². The molecule has 0 radical (unpaired) electrons. The van der Waals surface area contributed by atoms with Gasteiger partial charge in [-0.3, -0.25) is 4.98 Å². The van der Waals surface area contributed by atoms with Crippen molar-refractivity contribution in [1.29, 1.82) is 0 Å². The fourth-order valence-corrected chi connectivity index (χ4v) is 1.99. The smallest absolute Gasteiger partial charge is 0.328 e. The SMILES string of the molecule is Cc1cc(/C=C/C(=O)O)ccc1C(O)c1cccnc1. The standard InChI is InChI=1S/C16H15NO3/c1-11-9-12(5-7-15(18)19)4-6-14(11)16(20)13-3-2-8-17-10-13/h2-10,16,20H,1H3,(H,18,19)/b7-5+. The van der Waals surface area contributed by atoms with Crippen LogP contribution in [0.2, 0.25) is 0 Å². The van der Waals surface area contributed by atoms with Gasteiger partial charge < -0.3 is 10.2 Å². The summed E-state index contributed by atoms with van der Waals surface area (Å²) in [6, 6.07) is 9.01. The Kier molecular flexibility index (Phi) is 4.27. The van der Waals surface area contributed by atoms with Gasteiger partial charge in [0.1, 0.15) is 6.10 Å². The molecular formula is C16H15NO3. The number of rotatable bonds is 4. The lowest BCUT2D eigenvalue weighted by Gasteiger charge is -2.14. The first-order chi connectivity index (χ1) is 9.58. The van der Waals surface area contributed by atoms with Crippen molar-refractivity contribution in [2.24, 2.45) is 0 Å². The van der Waals surface area contributed by atoms with Crippen LogP contribution in [-0.4, -0.2) is 21.2 Å². The third-order valence-electron chi connectivity index (χ3n) is 3.01. The predicted molar refractivity (Wildman–Crippen MR) is 76.1 cm³/mol. The summed E-state index contributed by atoms with van der Waals surface area (Å²) in [6.45, 7) is 1.88. The number of hydrogen-bond acceptors (Lipinski definition) is 3. The number of carboxylic acids is 1. The summed E-state index contributed by atoms with van der Waals surface area (Å²) in [5.41, 5.74) is 3.19. The van der Waals surface area contributed by atoms with E-state index >= 15 is 0 Å². The highest BCUT2D eigenvalue weighted by atomic mass is 16.4. The lowest BCUT2D eigenvalue weighted by molar-refractivity contribution is -0.131. The number of benzene rings is 1. The second kappa shape index (κ2) is 6.12. The monoisotopic (exact) mass is 269 g/mol. The maximum Gasteiger partial charge on any atom is 0.328 e. The van der Waals surface area contributed by atoms with Crippen LogP contribution >= 0.6 is 0 Å². The summed E-state index contributed by atoms with van der Waals surface area (Å²) < 4.78 is 0. The van der Waals surface area contributed by atoms with Gasteiger partial charge in [-0.1, -0.05) is 24.3 Å². The number of aliphatic hydroxyl groups excluding tert-OH is 1. The van der Waals surface area contributed by atoms with Gasteiger partial charge in [-0.05, 0) is 35.8 Å². The van der Waals surface area contributed by atoms with E-state index in [0.717, 1.165) is 28.3 Å². The first kappa shape index (κ1) is 14.0. The molecule has 2 rings (SSSR count). The lowest BCUT2D eigenvalue weighted by Crippen LogP contribution is -2.02. The van der Waals surface area contributed by atoms with Gasteiger partial charge in [0.15, 0.2) is 0 Å². The van der Waals surface area contributed by atoms with Crippen molar-refractivity contribution < 1.29 is 15.0 Å². The van der Waals surface area contributed by atoms with Gasteiger partial charge in [0.25, 0.3) is 0 Å². The van der Waals surface area contributed by atoms with Gasteiger partial charge in [0, 0.05) is 24.0 Å². The second-order valence-corrected chi connectivity index (χ2v) is 4.48. The maximum atomic E-state index is 10.5. The third kappa shape index (κ3) is 3.30. The molecule has 1 unspecified atom stereocenters. The van der Waals surface area contributed by atoms with Crippen molar-refractivity contribution in [1.82, 2.24) is 4.98 Å². The highest BCUT2D eigenvalue weighted by Gasteiger charge is 2.12. The predicted octanol–water partition coefficient (Wildman–Crippen LogP) is 2.57. The second-order valence-electron chi connectivity index (χ2n) is 4.48. The van der Waals surface area contributed by atoms with Crippen molar-refractivity contribution >= 4 is 12.0 Å². The highest BCUT2D eigenvalue weighted by Crippen LogP contribution is 2.25. The van der Waals surface area contributed by atoms with Crippen molar-refractivity contribution in [3.63, 3.8) is 0 Å². The van der Waals surface area contributed by atoms with Crippen molar-refractivity contribution in [3.8, 4) is 0 Å². The fourth-order valence-electron chi connectivity index (χ4n) is 1.99. The molecule has 0 saturated carbocycles. The zero-order valence-corrected chi connectivity index (χ0v) is 11.0. The zero-order chi connectivity index (χ0) is 14.5. The lowest BCUT2D eigenvalue weighted by atomic mass is 9.97. The summed E-state index contributed by atoms with van der Waals surface area (Å²) in [6.07, 6.45) is 5.16. The van der Waals surface area contributed by atoms with Crippen LogP contribution in [0.25, 0.3) is 6.08 Å². The summed E-state index contributed by atoms with van der Waals surface area (Å²) in [5.74, 6) is -0.984. The minimum absolute atomic E-state index is 0.726. The van der Waals surface area contributed by atoms with Crippen LogP contribution in [0.3, 0.4) is 0 Å². The molecular weight excluding hydrogens is 254 g/mol. The number of pyridine rings is 1. The van der Waals surface area contributed by atoms with Gasteiger partial charge in [-0.2, -0.15) is 0 Å². The number of carbonyl (C=O) groups is 1. The number of hydrogen-bond donors (Lipinski definition) is 2. The maximum absolute atomic E-state index is 10.5. The molecule has 2 aromatic rings. The van der Waals surface area contributed by atoms with E-state index in [-0.39, 0.29) is 0 Å². The van der Waals surface area contributed by atoms with Crippen LogP contribution in [0.4, 0.5) is 0 Å². The number of aliphatic carboxylic acids is 1. The Hall–Kier alpha value is -2.46. The summed E-state index contributed by atoms with van der Waals surface area (Å²) in [4.78, 5) is 14.5. The first-order valence-corrected chi connectivity index (χ1v) is 6.17. The van der Waals surface area contributed by atoms with Crippen molar-refractivity contribution in [3.05, 3.63) is 71.1 Å². The average molecular weight is 269 g/mol. The van der Waals surface area contributed by atoms with E-state index in [1.165, 1.54) is 6.08 Å². The van der Waals surface area contributed by atoms with Crippen molar-refractivity contribution in [2.45, 2.75) is 13.0 Å². The normalized spacial score (nSPS) is 12.5. The molecule has 0 bridgehead atoms. The van der Waals surface area contributed by atoms with Crippen LogP contribution in [0.15, 0.2) is 48.8 Å². The molecule has 1 heterocycles. The molecule has 1 aromatic heterocycles. The molecule has 0 aliphatic carbocycles. The molecule has 1 atom stereocenters. The summed E-state index contributed by atoms with van der Waals surface area (Å²) >= 11 is 0. The Morgan fingerprint density at radius 2 is 2.15 bits per heavy atom. The largest absolute Gasteiger partial charge is 0.478 e. The zero-order valence-electron chi connectivity index (χ0n) is 11.0. The quantitative estimate of drug-likeness (QED) is 0.837. The molecule has 1 aromatic carbocycles. The number of carboxylic acid groups (broad SMARTS) is 1. The molecule has 0 saturated heterocycles. The van der Waals surface area contributed by atoms with Gasteiger partial charge in [-0.15, -0.1) is 0 Å². The number of aliphatic hydroxyl groups is 1. The Bertz CT molecular complexity index is 635. The van der Waals surface area contributed by atoms with E-state index in [9.17, 15) is 9.90 Å². The van der Waals surface area contributed by atoms with Crippen LogP contribution in [0.5, 0.6) is 0 Å². The van der Waals surface area contributed by atoms with Crippen LogP contribution in [0.1, 0.15) is 28.4 Å². The van der Waals surface area contributed by atoms with E-state index < -0.39 is 12.1 Å². The molecule has 0 spiro atoms. The van der Waals surface area contributed by atoms with Gasteiger partial charge in [0.05, 0.1) is 0 Å². The summed E-state index contributed by atoms with van der Waals surface area (Å²) in [5, 5.41) is 18.9. The van der Waals surface area contributed by atoms with E-state index in [0.29, 0.717) is 0 Å². The first-order valence-electron chi connectivity index (χ1n) is 6.17. The summed E-state index contributed by atoms with van der Waals surface area (Å²) in [7, 11) is 0. The van der Waals surface area contributed by atoms with Crippen LogP contribution in [-0.2, 0) is 4.79 Å². The molecule has 102 valence electrons. The minimum atomic E-state index is -0.984. The third-order valence-corrected chi connectivity index (χ3v) is 3.01. The molecule has 20 heavy (non-hydrogen) atoms. The fraction of sp³-hybridized carbons (Fsp3) is 0.125. The van der Waals surface area contributed by atoms with Crippen LogP contribution < -0.4 is 0 Å². The van der Waals surface area contributed by atoms with Crippen molar-refractivity contribution in [2.75, 3.05) is 0 Å². The van der Waals surface area contributed by atoms with E-state index in [4.69, 9.17) is 5.11 Å². The van der Waals surface area contributed by atoms with E-state index in [2.05, 4.69) is 4.98 Å². The van der Waals surface area contributed by atoms with Crippen LogP contribution in [0, 0.1) is 6.92 Å². The highest BCUT2D eigenvalue weighted by molar-refractivity contribution is 5.85. The number of nitrogens with zero attached hydrogens (tertiary/aromatic N) is 1. The van der Waals surface area contributed by atoms with E-state index in [1.54, 1.807) is 30.6 Å². The Labute approximate surface area is 117 Å². The number of aryl methyl sites for hydroxylation is 1. The molecule has 4 nitrogen and oxygen atoms in total. The Balaban J connectivity index is 2.28.